The summed E-state index contributed by atoms with van der Waals surface area (Å²) in [6.45, 7) is 1.81. The van der Waals surface area contributed by atoms with Gasteiger partial charge in [-0.2, -0.15) is 0 Å². The molecule has 16 heavy (non-hydrogen) atoms. The van der Waals surface area contributed by atoms with Crippen LogP contribution in [0, 0.1) is 6.92 Å². The number of carboxylic acids is 1. The summed E-state index contributed by atoms with van der Waals surface area (Å²) < 4.78 is 5.12. The van der Waals surface area contributed by atoms with Crippen molar-refractivity contribution in [2.24, 2.45) is 0 Å². The first-order chi connectivity index (χ1) is 7.68. The van der Waals surface area contributed by atoms with E-state index in [0.29, 0.717) is 11.5 Å². The van der Waals surface area contributed by atoms with E-state index in [1.54, 1.807) is 13.0 Å². The van der Waals surface area contributed by atoms with Gasteiger partial charge in [-0.25, -0.2) is 4.98 Å². The number of hydrogen-bond donors (Lipinski definition) is 1. The number of aromatic nitrogens is 1. The molecule has 2 aromatic rings. The van der Waals surface area contributed by atoms with Crippen LogP contribution in [0.4, 0.5) is 0 Å². The van der Waals surface area contributed by atoms with Crippen LogP contribution in [0.5, 0.6) is 0 Å². The van der Waals surface area contributed by atoms with Crippen molar-refractivity contribution in [2.75, 3.05) is 0 Å². The molecule has 4 nitrogen and oxygen atoms in total. The Morgan fingerprint density at radius 3 is 2.81 bits per heavy atom. The maximum Gasteiger partial charge on any atom is 0.307 e. The predicted molar refractivity (Wildman–Crippen MR) is 58.0 cm³/mol. The van der Waals surface area contributed by atoms with E-state index in [1.807, 2.05) is 18.2 Å². The molecule has 0 aliphatic heterocycles. The van der Waals surface area contributed by atoms with Gasteiger partial charge in [0.25, 0.3) is 0 Å². The van der Waals surface area contributed by atoms with Crippen molar-refractivity contribution in [1.29, 1.82) is 0 Å². The Balaban J connectivity index is 2.48. The highest BCUT2D eigenvalue weighted by Gasteiger charge is 2.12. The lowest BCUT2D eigenvalue weighted by Gasteiger charge is -2.04. The summed E-state index contributed by atoms with van der Waals surface area (Å²) in [5.74, 6) is -0.161. The highest BCUT2D eigenvalue weighted by Crippen LogP contribution is 2.25. The minimum Gasteiger partial charge on any atom is -0.481 e. The molecule has 0 unspecified atom stereocenters. The number of nitrogens with zero attached hydrogens (tertiary/aromatic N) is 1. The number of aliphatic carboxylic acids is 1. The lowest BCUT2D eigenvalue weighted by atomic mass is 10.0. The van der Waals surface area contributed by atoms with Crippen molar-refractivity contribution < 1.29 is 14.3 Å². The highest BCUT2D eigenvalue weighted by molar-refractivity contribution is 5.75. The maximum atomic E-state index is 10.7. The van der Waals surface area contributed by atoms with Gasteiger partial charge in [0.2, 0.25) is 0 Å². The SMILES string of the molecule is Cc1ocnc1-c1ccccc1CC(=O)O. The molecule has 0 fully saturated rings. The zero-order valence-corrected chi connectivity index (χ0v) is 8.80. The van der Waals surface area contributed by atoms with Crippen molar-refractivity contribution in [2.45, 2.75) is 13.3 Å². The zero-order chi connectivity index (χ0) is 11.5. The standard InChI is InChI=1S/C12H11NO3/c1-8-12(13-7-16-8)10-5-3-2-4-9(10)6-11(14)15/h2-5,7H,6H2,1H3,(H,14,15). The topological polar surface area (TPSA) is 63.3 Å². The normalized spacial score (nSPS) is 10.3. The van der Waals surface area contributed by atoms with E-state index in [0.717, 1.165) is 11.1 Å². The number of carboxylic acid groups (broad SMARTS) is 1. The Kier molecular flexibility index (Phi) is 2.72. The second-order valence-electron chi connectivity index (χ2n) is 3.48. The van der Waals surface area contributed by atoms with Crippen molar-refractivity contribution in [1.82, 2.24) is 4.98 Å². The van der Waals surface area contributed by atoms with Crippen molar-refractivity contribution in [3.8, 4) is 11.3 Å². The smallest absolute Gasteiger partial charge is 0.307 e. The van der Waals surface area contributed by atoms with Crippen LogP contribution < -0.4 is 0 Å². The molecular formula is C12H11NO3. The first-order valence-electron chi connectivity index (χ1n) is 4.88. The average molecular weight is 217 g/mol. The summed E-state index contributed by atoms with van der Waals surface area (Å²) in [4.78, 5) is 14.8. The molecule has 1 heterocycles. The summed E-state index contributed by atoms with van der Waals surface area (Å²) >= 11 is 0. The molecule has 1 aromatic heterocycles. The van der Waals surface area contributed by atoms with Gasteiger partial charge in [-0.15, -0.1) is 0 Å². The fourth-order valence-electron chi connectivity index (χ4n) is 1.63. The van der Waals surface area contributed by atoms with E-state index in [9.17, 15) is 4.79 Å². The Morgan fingerprint density at radius 1 is 1.44 bits per heavy atom. The van der Waals surface area contributed by atoms with Crippen molar-refractivity contribution >= 4 is 5.97 Å². The van der Waals surface area contributed by atoms with Crippen LogP contribution in [-0.2, 0) is 11.2 Å². The monoisotopic (exact) mass is 217 g/mol. The number of rotatable bonds is 3. The minimum absolute atomic E-state index is 0.0114. The lowest BCUT2D eigenvalue weighted by molar-refractivity contribution is -0.136. The number of oxazole rings is 1. The van der Waals surface area contributed by atoms with Crippen molar-refractivity contribution in [3.63, 3.8) is 0 Å². The third kappa shape index (κ3) is 1.95. The molecule has 0 bridgehead atoms. The van der Waals surface area contributed by atoms with Crippen LogP contribution >= 0.6 is 0 Å². The van der Waals surface area contributed by atoms with Gasteiger partial charge in [0, 0.05) is 5.56 Å². The molecule has 0 saturated carbocycles. The van der Waals surface area contributed by atoms with Crippen molar-refractivity contribution in [3.05, 3.63) is 42.0 Å². The summed E-state index contributed by atoms with van der Waals surface area (Å²) in [5.41, 5.74) is 2.26. The summed E-state index contributed by atoms with van der Waals surface area (Å²) in [5, 5.41) is 8.81. The number of benzene rings is 1. The molecule has 0 amide bonds. The van der Waals surface area contributed by atoms with E-state index in [4.69, 9.17) is 9.52 Å². The molecule has 2 rings (SSSR count). The molecule has 0 aliphatic carbocycles. The molecule has 1 aromatic carbocycles. The number of aryl methyl sites for hydroxylation is 1. The molecule has 0 spiro atoms. The largest absolute Gasteiger partial charge is 0.481 e. The molecular weight excluding hydrogens is 206 g/mol. The first kappa shape index (κ1) is 10.4. The zero-order valence-electron chi connectivity index (χ0n) is 8.80. The molecule has 82 valence electrons. The van der Waals surface area contributed by atoms with Gasteiger partial charge in [-0.3, -0.25) is 4.79 Å². The number of carbonyl (C=O) groups is 1. The Labute approximate surface area is 92.6 Å². The third-order valence-corrected chi connectivity index (χ3v) is 2.36. The summed E-state index contributed by atoms with van der Waals surface area (Å²) in [6, 6.07) is 7.31. The fraction of sp³-hybridized carbons (Fsp3) is 0.167. The van der Waals surface area contributed by atoms with Gasteiger partial charge in [0.15, 0.2) is 6.39 Å². The van der Waals surface area contributed by atoms with E-state index >= 15 is 0 Å². The molecule has 1 N–H and O–H groups in total. The quantitative estimate of drug-likeness (QED) is 0.856. The molecule has 4 heteroatoms. The second kappa shape index (κ2) is 4.18. The predicted octanol–water partition coefficient (Wildman–Crippen LogP) is 2.28. The minimum atomic E-state index is -0.853. The van der Waals surface area contributed by atoms with Gasteiger partial charge in [-0.1, -0.05) is 24.3 Å². The fourth-order valence-corrected chi connectivity index (χ4v) is 1.63. The van der Waals surface area contributed by atoms with Gasteiger partial charge in [0.1, 0.15) is 11.5 Å². The summed E-state index contributed by atoms with van der Waals surface area (Å²) in [7, 11) is 0. The van der Waals surface area contributed by atoms with Crippen LogP contribution in [0.15, 0.2) is 35.1 Å². The van der Waals surface area contributed by atoms with Crippen LogP contribution in [0.2, 0.25) is 0 Å². The second-order valence-corrected chi connectivity index (χ2v) is 3.48. The van der Waals surface area contributed by atoms with Crippen LogP contribution in [0.1, 0.15) is 11.3 Å². The maximum absolute atomic E-state index is 10.7. The first-order valence-corrected chi connectivity index (χ1v) is 4.88. The highest BCUT2D eigenvalue weighted by atomic mass is 16.4. The molecule has 0 atom stereocenters. The Bertz CT molecular complexity index is 516. The van der Waals surface area contributed by atoms with Gasteiger partial charge in [-0.05, 0) is 12.5 Å². The third-order valence-electron chi connectivity index (χ3n) is 2.36. The summed E-state index contributed by atoms with van der Waals surface area (Å²) in [6.07, 6.45) is 1.35. The molecule has 0 radical (unpaired) electrons. The van der Waals surface area contributed by atoms with E-state index in [1.165, 1.54) is 6.39 Å². The van der Waals surface area contributed by atoms with Gasteiger partial charge < -0.3 is 9.52 Å². The van der Waals surface area contributed by atoms with E-state index in [-0.39, 0.29) is 6.42 Å². The van der Waals surface area contributed by atoms with Crippen LogP contribution in [-0.4, -0.2) is 16.1 Å². The van der Waals surface area contributed by atoms with Crippen LogP contribution in [0.25, 0.3) is 11.3 Å². The molecule has 0 aliphatic rings. The number of hydrogen-bond acceptors (Lipinski definition) is 3. The average Bonchev–Trinajstić information content (AvgIpc) is 2.64. The lowest BCUT2D eigenvalue weighted by Crippen LogP contribution is -2.02. The van der Waals surface area contributed by atoms with E-state index < -0.39 is 5.97 Å². The Morgan fingerprint density at radius 2 is 2.19 bits per heavy atom. The Hall–Kier alpha value is -2.10. The van der Waals surface area contributed by atoms with Gasteiger partial charge in [0.05, 0.1) is 6.42 Å². The van der Waals surface area contributed by atoms with Crippen LogP contribution in [0.3, 0.4) is 0 Å². The van der Waals surface area contributed by atoms with Gasteiger partial charge >= 0.3 is 5.97 Å². The molecule has 0 saturated heterocycles. The van der Waals surface area contributed by atoms with E-state index in [2.05, 4.69) is 4.98 Å².